The van der Waals surface area contributed by atoms with Gasteiger partial charge in [0.05, 0.1) is 0 Å². The number of amides is 1. The van der Waals surface area contributed by atoms with Crippen molar-refractivity contribution in [1.29, 1.82) is 0 Å². The van der Waals surface area contributed by atoms with Crippen molar-refractivity contribution in [3.05, 3.63) is 47.3 Å². The molecule has 0 atom stereocenters. The number of carbonyl (C=O) groups excluding carboxylic acids is 1. The van der Waals surface area contributed by atoms with E-state index in [1.807, 2.05) is 0 Å². The summed E-state index contributed by atoms with van der Waals surface area (Å²) < 4.78 is 14.8. The molecule has 188 valence electrons. The molecule has 3 saturated heterocycles. The van der Waals surface area contributed by atoms with E-state index < -0.39 is 12.1 Å². The standard InChI is InChI=1S/C26H34FN5O3/c1-19-2-3-20(23(16-19)30-10-4-21(27)5-11-30)17-29-13-7-26(8-14-29)9-15-31(18-26)25(35)32-12-6-22(28-32)24(33)34/h2-3,6,12,16,21H,4-5,7-11,13-15,17-18H2,1H3,(H,33,34). The van der Waals surface area contributed by atoms with E-state index in [-0.39, 0.29) is 17.1 Å². The highest BCUT2D eigenvalue weighted by Gasteiger charge is 2.42. The van der Waals surface area contributed by atoms with Crippen LogP contribution in [0.3, 0.4) is 0 Å². The Kier molecular flexibility index (Phi) is 6.53. The largest absolute Gasteiger partial charge is 0.476 e. The number of rotatable bonds is 4. The summed E-state index contributed by atoms with van der Waals surface area (Å²) in [6.07, 6.45) is 4.98. The predicted octanol–water partition coefficient (Wildman–Crippen LogP) is 3.78. The van der Waals surface area contributed by atoms with Gasteiger partial charge in [-0.05, 0) is 80.8 Å². The molecule has 0 bridgehead atoms. The zero-order valence-corrected chi connectivity index (χ0v) is 20.3. The highest BCUT2D eigenvalue weighted by Crippen LogP contribution is 2.41. The van der Waals surface area contributed by atoms with E-state index >= 15 is 0 Å². The maximum atomic E-state index is 13.7. The fourth-order valence-electron chi connectivity index (χ4n) is 5.81. The number of halogens is 1. The summed E-state index contributed by atoms with van der Waals surface area (Å²) >= 11 is 0. The van der Waals surface area contributed by atoms with Crippen molar-refractivity contribution >= 4 is 17.7 Å². The van der Waals surface area contributed by atoms with Gasteiger partial charge < -0.3 is 14.9 Å². The van der Waals surface area contributed by atoms with Crippen molar-refractivity contribution in [3.63, 3.8) is 0 Å². The van der Waals surface area contributed by atoms with Gasteiger partial charge in [-0.15, -0.1) is 0 Å². The lowest BCUT2D eigenvalue weighted by Gasteiger charge is -2.40. The molecule has 4 heterocycles. The lowest BCUT2D eigenvalue weighted by Crippen LogP contribution is -2.43. The number of nitrogens with zero attached hydrogens (tertiary/aromatic N) is 5. The number of aromatic nitrogens is 2. The van der Waals surface area contributed by atoms with Crippen molar-refractivity contribution in [1.82, 2.24) is 19.6 Å². The van der Waals surface area contributed by atoms with Crippen LogP contribution in [-0.4, -0.2) is 82.1 Å². The van der Waals surface area contributed by atoms with Gasteiger partial charge >= 0.3 is 12.0 Å². The number of aromatic carboxylic acids is 1. The smallest absolute Gasteiger partial charge is 0.356 e. The fraction of sp³-hybridized carbons (Fsp3) is 0.577. The maximum absolute atomic E-state index is 13.7. The minimum Gasteiger partial charge on any atom is -0.476 e. The molecular formula is C26H34FN5O3. The van der Waals surface area contributed by atoms with Gasteiger partial charge in [0.2, 0.25) is 0 Å². The van der Waals surface area contributed by atoms with Crippen molar-refractivity contribution < 1.29 is 19.1 Å². The van der Waals surface area contributed by atoms with Crippen molar-refractivity contribution in [2.75, 3.05) is 44.2 Å². The predicted molar refractivity (Wildman–Crippen MR) is 131 cm³/mol. The summed E-state index contributed by atoms with van der Waals surface area (Å²) in [7, 11) is 0. The van der Waals surface area contributed by atoms with Crippen LogP contribution in [0, 0.1) is 12.3 Å². The average molecular weight is 484 g/mol. The highest BCUT2D eigenvalue weighted by atomic mass is 19.1. The first-order chi connectivity index (χ1) is 16.8. The molecule has 3 aliphatic heterocycles. The van der Waals surface area contributed by atoms with Crippen LogP contribution in [0.2, 0.25) is 0 Å². The van der Waals surface area contributed by atoms with Crippen molar-refractivity contribution in [2.24, 2.45) is 5.41 Å². The molecule has 9 heteroatoms. The van der Waals surface area contributed by atoms with Gasteiger partial charge in [-0.25, -0.2) is 14.0 Å². The number of alkyl halides is 1. The number of piperidine rings is 2. The van der Waals surface area contributed by atoms with E-state index in [1.54, 1.807) is 4.90 Å². The molecule has 3 aliphatic rings. The van der Waals surface area contributed by atoms with E-state index in [0.29, 0.717) is 25.9 Å². The van der Waals surface area contributed by atoms with Gasteiger partial charge in [-0.3, -0.25) is 4.90 Å². The number of hydrogen-bond acceptors (Lipinski definition) is 5. The molecule has 0 saturated carbocycles. The Hall–Kier alpha value is -2.94. The number of hydrogen-bond donors (Lipinski definition) is 1. The Bertz CT molecular complexity index is 1090. The quantitative estimate of drug-likeness (QED) is 0.713. The number of carbonyl (C=O) groups is 2. The lowest BCUT2D eigenvalue weighted by atomic mass is 9.77. The summed E-state index contributed by atoms with van der Waals surface area (Å²) in [5, 5.41) is 13.0. The van der Waals surface area contributed by atoms with Crippen LogP contribution in [0.25, 0.3) is 0 Å². The van der Waals surface area contributed by atoms with Gasteiger partial charge in [0, 0.05) is 44.6 Å². The molecule has 35 heavy (non-hydrogen) atoms. The van der Waals surface area contributed by atoms with Crippen molar-refractivity contribution in [2.45, 2.75) is 51.7 Å². The Morgan fingerprint density at radius 1 is 1.09 bits per heavy atom. The van der Waals surface area contributed by atoms with Crippen molar-refractivity contribution in [3.8, 4) is 0 Å². The SMILES string of the molecule is Cc1ccc(CN2CCC3(CC2)CCN(C(=O)n2ccc(C(=O)O)n2)C3)c(N2CCC(F)CC2)c1. The van der Waals surface area contributed by atoms with Crippen LogP contribution < -0.4 is 4.90 Å². The number of aryl methyl sites for hydroxylation is 1. The zero-order valence-electron chi connectivity index (χ0n) is 20.3. The summed E-state index contributed by atoms with van der Waals surface area (Å²) in [6, 6.07) is 7.73. The normalized spacial score (nSPS) is 21.1. The second kappa shape index (κ2) is 9.60. The number of carboxylic acid groups (broad SMARTS) is 1. The van der Waals surface area contributed by atoms with E-state index in [9.17, 15) is 14.0 Å². The summed E-state index contributed by atoms with van der Waals surface area (Å²) in [5.41, 5.74) is 3.78. The number of benzene rings is 1. The molecule has 1 aromatic heterocycles. The average Bonchev–Trinajstić information content (AvgIpc) is 3.50. The molecule has 5 rings (SSSR count). The Morgan fingerprint density at radius 2 is 1.80 bits per heavy atom. The molecule has 2 aromatic rings. The first kappa shape index (κ1) is 23.8. The Labute approximate surface area is 205 Å². The highest BCUT2D eigenvalue weighted by molar-refractivity contribution is 5.86. The third-order valence-electron chi connectivity index (χ3n) is 8.03. The Balaban J connectivity index is 1.19. The van der Waals surface area contributed by atoms with E-state index in [2.05, 4.69) is 40.0 Å². The van der Waals surface area contributed by atoms with Gasteiger partial charge in [0.1, 0.15) is 6.17 Å². The van der Waals surface area contributed by atoms with Crippen LogP contribution in [0.1, 0.15) is 53.7 Å². The molecule has 0 radical (unpaired) electrons. The second-order valence-corrected chi connectivity index (χ2v) is 10.5. The summed E-state index contributed by atoms with van der Waals surface area (Å²) in [4.78, 5) is 30.6. The minimum absolute atomic E-state index is 0.119. The van der Waals surface area contributed by atoms with Gasteiger partial charge in [0.15, 0.2) is 5.69 Å². The van der Waals surface area contributed by atoms with E-state index in [1.165, 1.54) is 29.1 Å². The third-order valence-corrected chi connectivity index (χ3v) is 8.03. The molecule has 1 spiro atoms. The molecule has 1 amide bonds. The van der Waals surface area contributed by atoms with Crippen LogP contribution in [-0.2, 0) is 6.54 Å². The third kappa shape index (κ3) is 5.05. The van der Waals surface area contributed by atoms with Crippen LogP contribution in [0.5, 0.6) is 0 Å². The number of anilines is 1. The Morgan fingerprint density at radius 3 is 2.49 bits per heavy atom. The molecule has 1 N–H and O–H groups in total. The van der Waals surface area contributed by atoms with E-state index in [0.717, 1.165) is 56.7 Å². The fourth-order valence-corrected chi connectivity index (χ4v) is 5.81. The molecular weight excluding hydrogens is 449 g/mol. The molecule has 0 unspecified atom stereocenters. The molecule has 8 nitrogen and oxygen atoms in total. The number of likely N-dealkylation sites (tertiary alicyclic amines) is 2. The first-order valence-electron chi connectivity index (χ1n) is 12.6. The zero-order chi connectivity index (χ0) is 24.6. The van der Waals surface area contributed by atoms with Gasteiger partial charge in [-0.1, -0.05) is 12.1 Å². The van der Waals surface area contributed by atoms with E-state index in [4.69, 9.17) is 5.11 Å². The lowest BCUT2D eigenvalue weighted by molar-refractivity contribution is 0.0689. The van der Waals surface area contributed by atoms with Crippen LogP contribution >= 0.6 is 0 Å². The summed E-state index contributed by atoms with van der Waals surface area (Å²) in [6.45, 7) is 7.86. The maximum Gasteiger partial charge on any atom is 0.356 e. The first-order valence-corrected chi connectivity index (χ1v) is 12.6. The van der Waals surface area contributed by atoms with Gasteiger partial charge in [0.25, 0.3) is 0 Å². The number of carboxylic acids is 1. The monoisotopic (exact) mass is 483 g/mol. The summed E-state index contributed by atoms with van der Waals surface area (Å²) in [5.74, 6) is -1.13. The molecule has 3 fully saturated rings. The van der Waals surface area contributed by atoms with Gasteiger partial charge in [-0.2, -0.15) is 9.78 Å². The minimum atomic E-state index is -1.13. The van der Waals surface area contributed by atoms with Crippen LogP contribution in [0.15, 0.2) is 30.5 Å². The molecule has 0 aliphatic carbocycles. The second-order valence-electron chi connectivity index (χ2n) is 10.5. The topological polar surface area (TPSA) is 81.9 Å². The molecule has 1 aromatic carbocycles. The van der Waals surface area contributed by atoms with Crippen LogP contribution in [0.4, 0.5) is 14.9 Å².